The summed E-state index contributed by atoms with van der Waals surface area (Å²) >= 11 is 0. The first kappa shape index (κ1) is 11.9. The van der Waals surface area contributed by atoms with Gasteiger partial charge in [-0.2, -0.15) is 5.11 Å². The number of aromatic hydroxyl groups is 3. The molecular formula is C13H12N2O3. The topological polar surface area (TPSA) is 85.4 Å². The Hall–Kier alpha value is -2.56. The number of azo groups is 1. The van der Waals surface area contributed by atoms with Crippen molar-refractivity contribution in [2.45, 2.75) is 6.92 Å². The summed E-state index contributed by atoms with van der Waals surface area (Å²) in [4.78, 5) is 0. The van der Waals surface area contributed by atoms with Crippen LogP contribution in [0.25, 0.3) is 0 Å². The minimum Gasteiger partial charge on any atom is -0.504 e. The van der Waals surface area contributed by atoms with Crippen LogP contribution in [0.4, 0.5) is 11.4 Å². The second-order valence-corrected chi connectivity index (χ2v) is 3.84. The molecule has 92 valence electrons. The number of rotatable bonds is 2. The van der Waals surface area contributed by atoms with E-state index in [-0.39, 0.29) is 5.69 Å². The van der Waals surface area contributed by atoms with E-state index in [1.54, 1.807) is 12.1 Å². The Morgan fingerprint density at radius 3 is 2.11 bits per heavy atom. The van der Waals surface area contributed by atoms with Gasteiger partial charge in [0.15, 0.2) is 11.5 Å². The van der Waals surface area contributed by atoms with Crippen LogP contribution in [0.1, 0.15) is 5.56 Å². The molecule has 0 saturated heterocycles. The predicted octanol–water partition coefficient (Wildman–Crippen LogP) is 3.53. The molecule has 18 heavy (non-hydrogen) atoms. The van der Waals surface area contributed by atoms with E-state index in [2.05, 4.69) is 10.2 Å². The number of phenolic OH excluding ortho intramolecular Hbond substituents is 3. The predicted molar refractivity (Wildman–Crippen MR) is 66.8 cm³/mol. The molecule has 0 saturated carbocycles. The maximum Gasteiger partial charge on any atom is 0.202 e. The standard InChI is InChI=1S/C13H12N2O3/c1-8-2-4-9(5-3-8)14-15-10-6-7-11(16)13(18)12(10)17/h2-7,16-18H,1H3. The smallest absolute Gasteiger partial charge is 0.202 e. The maximum atomic E-state index is 9.54. The molecule has 2 aromatic rings. The lowest BCUT2D eigenvalue weighted by Gasteiger charge is -2.02. The fourth-order valence-corrected chi connectivity index (χ4v) is 1.36. The van der Waals surface area contributed by atoms with Crippen LogP contribution >= 0.6 is 0 Å². The minimum absolute atomic E-state index is 0.0888. The molecular weight excluding hydrogens is 232 g/mol. The molecule has 0 heterocycles. The van der Waals surface area contributed by atoms with Crippen molar-refractivity contribution in [2.24, 2.45) is 10.2 Å². The Morgan fingerprint density at radius 2 is 1.44 bits per heavy atom. The zero-order chi connectivity index (χ0) is 13.1. The first-order valence-electron chi connectivity index (χ1n) is 5.30. The summed E-state index contributed by atoms with van der Waals surface area (Å²) < 4.78 is 0. The summed E-state index contributed by atoms with van der Waals surface area (Å²) in [5, 5.41) is 35.7. The largest absolute Gasteiger partial charge is 0.504 e. The molecule has 2 rings (SSSR count). The second-order valence-electron chi connectivity index (χ2n) is 3.84. The Kier molecular flexibility index (Phi) is 3.14. The van der Waals surface area contributed by atoms with Crippen molar-refractivity contribution in [3.05, 3.63) is 42.0 Å². The molecule has 0 aliphatic heterocycles. The van der Waals surface area contributed by atoms with Crippen molar-refractivity contribution in [1.82, 2.24) is 0 Å². The van der Waals surface area contributed by atoms with Gasteiger partial charge in [0, 0.05) is 0 Å². The van der Waals surface area contributed by atoms with Crippen LogP contribution in [0.3, 0.4) is 0 Å². The van der Waals surface area contributed by atoms with Crippen LogP contribution in [-0.2, 0) is 0 Å². The van der Waals surface area contributed by atoms with Crippen molar-refractivity contribution >= 4 is 11.4 Å². The molecule has 5 nitrogen and oxygen atoms in total. The van der Waals surface area contributed by atoms with Gasteiger partial charge in [0.2, 0.25) is 5.75 Å². The third-order valence-electron chi connectivity index (χ3n) is 2.42. The van der Waals surface area contributed by atoms with E-state index < -0.39 is 17.2 Å². The number of hydrogen-bond acceptors (Lipinski definition) is 5. The van der Waals surface area contributed by atoms with E-state index in [9.17, 15) is 10.2 Å². The molecule has 0 fully saturated rings. The normalized spacial score (nSPS) is 10.9. The van der Waals surface area contributed by atoms with Gasteiger partial charge in [0.25, 0.3) is 0 Å². The number of benzene rings is 2. The molecule has 5 heteroatoms. The molecule has 0 amide bonds. The molecule has 0 atom stereocenters. The first-order chi connectivity index (χ1) is 8.58. The van der Waals surface area contributed by atoms with Gasteiger partial charge in [-0.05, 0) is 31.2 Å². The van der Waals surface area contributed by atoms with Crippen molar-refractivity contribution in [3.63, 3.8) is 0 Å². The molecule has 3 N–H and O–H groups in total. The van der Waals surface area contributed by atoms with Crippen molar-refractivity contribution in [1.29, 1.82) is 0 Å². The third kappa shape index (κ3) is 2.40. The fraction of sp³-hybridized carbons (Fsp3) is 0.0769. The quantitative estimate of drug-likeness (QED) is 0.558. The SMILES string of the molecule is Cc1ccc(N=Nc2ccc(O)c(O)c2O)cc1. The van der Waals surface area contributed by atoms with E-state index in [1.807, 2.05) is 19.1 Å². The lowest BCUT2D eigenvalue weighted by Crippen LogP contribution is -1.72. The van der Waals surface area contributed by atoms with Crippen LogP contribution < -0.4 is 0 Å². The summed E-state index contributed by atoms with van der Waals surface area (Å²) in [7, 11) is 0. The van der Waals surface area contributed by atoms with Crippen LogP contribution in [-0.4, -0.2) is 15.3 Å². The highest BCUT2D eigenvalue weighted by molar-refractivity contribution is 5.63. The third-order valence-corrected chi connectivity index (χ3v) is 2.42. The van der Waals surface area contributed by atoms with E-state index in [0.717, 1.165) is 5.56 Å². The van der Waals surface area contributed by atoms with Gasteiger partial charge in [0.05, 0.1) is 5.69 Å². The average molecular weight is 244 g/mol. The molecule has 0 spiro atoms. The van der Waals surface area contributed by atoms with Crippen LogP contribution in [0.5, 0.6) is 17.2 Å². The number of aryl methyl sites for hydroxylation is 1. The number of phenols is 3. The number of nitrogens with zero attached hydrogens (tertiary/aromatic N) is 2. The van der Waals surface area contributed by atoms with Crippen molar-refractivity contribution < 1.29 is 15.3 Å². The Labute approximate surface area is 104 Å². The summed E-state index contributed by atoms with van der Waals surface area (Å²) in [6.07, 6.45) is 0. The Bertz CT molecular complexity index is 592. The highest BCUT2D eigenvalue weighted by Gasteiger charge is 2.10. The molecule has 0 aromatic heterocycles. The van der Waals surface area contributed by atoms with E-state index in [0.29, 0.717) is 5.69 Å². The highest BCUT2D eigenvalue weighted by atomic mass is 16.3. The van der Waals surface area contributed by atoms with Gasteiger partial charge < -0.3 is 15.3 Å². The maximum absolute atomic E-state index is 9.54. The van der Waals surface area contributed by atoms with Gasteiger partial charge >= 0.3 is 0 Å². The van der Waals surface area contributed by atoms with Gasteiger partial charge in [-0.25, -0.2) is 0 Å². The molecule has 0 aliphatic rings. The lowest BCUT2D eigenvalue weighted by molar-refractivity contribution is 0.368. The summed E-state index contributed by atoms with van der Waals surface area (Å²) in [6, 6.07) is 9.96. The minimum atomic E-state index is -0.602. The van der Waals surface area contributed by atoms with E-state index >= 15 is 0 Å². The second kappa shape index (κ2) is 4.75. The summed E-state index contributed by atoms with van der Waals surface area (Å²) in [5.41, 5.74) is 1.83. The summed E-state index contributed by atoms with van der Waals surface area (Å²) in [6.45, 7) is 1.96. The average Bonchev–Trinajstić information content (AvgIpc) is 2.37. The van der Waals surface area contributed by atoms with Crippen LogP contribution in [0.15, 0.2) is 46.6 Å². The monoisotopic (exact) mass is 244 g/mol. The van der Waals surface area contributed by atoms with E-state index in [4.69, 9.17) is 5.11 Å². The van der Waals surface area contributed by atoms with Gasteiger partial charge in [0.1, 0.15) is 5.69 Å². The Morgan fingerprint density at radius 1 is 0.778 bits per heavy atom. The van der Waals surface area contributed by atoms with Gasteiger partial charge in [-0.15, -0.1) is 5.11 Å². The van der Waals surface area contributed by atoms with Crippen LogP contribution in [0.2, 0.25) is 0 Å². The molecule has 0 bridgehead atoms. The fourth-order valence-electron chi connectivity index (χ4n) is 1.36. The first-order valence-corrected chi connectivity index (χ1v) is 5.30. The van der Waals surface area contributed by atoms with Gasteiger partial charge in [-0.3, -0.25) is 0 Å². The molecule has 0 unspecified atom stereocenters. The Balaban J connectivity index is 2.29. The van der Waals surface area contributed by atoms with Crippen LogP contribution in [0, 0.1) is 6.92 Å². The van der Waals surface area contributed by atoms with Crippen molar-refractivity contribution in [2.75, 3.05) is 0 Å². The lowest BCUT2D eigenvalue weighted by atomic mass is 10.2. The van der Waals surface area contributed by atoms with Crippen molar-refractivity contribution in [3.8, 4) is 17.2 Å². The highest BCUT2D eigenvalue weighted by Crippen LogP contribution is 2.42. The number of hydrogen-bond donors (Lipinski definition) is 3. The summed E-state index contributed by atoms with van der Waals surface area (Å²) in [5.74, 6) is -1.50. The van der Waals surface area contributed by atoms with E-state index in [1.165, 1.54) is 12.1 Å². The zero-order valence-electron chi connectivity index (χ0n) is 9.70. The molecule has 0 radical (unpaired) electrons. The zero-order valence-corrected chi connectivity index (χ0v) is 9.70. The van der Waals surface area contributed by atoms with Gasteiger partial charge in [-0.1, -0.05) is 17.7 Å². The molecule has 0 aliphatic carbocycles. The molecule has 2 aromatic carbocycles.